The van der Waals surface area contributed by atoms with Crippen molar-refractivity contribution in [2.24, 2.45) is 0 Å². The van der Waals surface area contributed by atoms with Crippen LogP contribution in [0.25, 0.3) is 0 Å². The minimum Gasteiger partial charge on any atom is -0.465 e. The second kappa shape index (κ2) is 5.75. The molecule has 1 aromatic heterocycles. The summed E-state index contributed by atoms with van der Waals surface area (Å²) in [4.78, 5) is 12.9. The SMILES string of the molecule is CCCCCCn1nnc(C2CCOC2=O)n1. The van der Waals surface area contributed by atoms with Crippen LogP contribution in [0.3, 0.4) is 0 Å². The Morgan fingerprint density at radius 3 is 3.00 bits per heavy atom. The van der Waals surface area contributed by atoms with Crippen LogP contribution in [-0.2, 0) is 16.1 Å². The van der Waals surface area contributed by atoms with Gasteiger partial charge in [-0.1, -0.05) is 26.2 Å². The summed E-state index contributed by atoms with van der Waals surface area (Å²) < 4.78 is 4.89. The summed E-state index contributed by atoms with van der Waals surface area (Å²) in [6.45, 7) is 3.42. The molecule has 1 aliphatic heterocycles. The van der Waals surface area contributed by atoms with Gasteiger partial charge in [-0.25, -0.2) is 0 Å². The van der Waals surface area contributed by atoms with E-state index in [2.05, 4.69) is 22.3 Å². The first kappa shape index (κ1) is 12.0. The molecule has 0 saturated carbocycles. The van der Waals surface area contributed by atoms with Crippen LogP contribution in [0.15, 0.2) is 0 Å². The molecule has 94 valence electrons. The minimum absolute atomic E-state index is 0.226. The number of carbonyl (C=O) groups excluding carboxylic acids is 1. The monoisotopic (exact) mass is 238 g/mol. The number of aryl methyl sites for hydroxylation is 1. The highest BCUT2D eigenvalue weighted by Gasteiger charge is 2.31. The van der Waals surface area contributed by atoms with Crippen molar-refractivity contribution in [2.45, 2.75) is 51.5 Å². The summed E-state index contributed by atoms with van der Waals surface area (Å²) in [5.74, 6) is -0.0297. The van der Waals surface area contributed by atoms with Gasteiger partial charge in [-0.3, -0.25) is 4.79 Å². The molecule has 0 spiro atoms. The van der Waals surface area contributed by atoms with Gasteiger partial charge < -0.3 is 4.74 Å². The Hall–Kier alpha value is -1.46. The molecule has 1 saturated heterocycles. The number of esters is 1. The molecule has 0 bridgehead atoms. The van der Waals surface area contributed by atoms with Gasteiger partial charge in [0.25, 0.3) is 0 Å². The summed E-state index contributed by atoms with van der Waals surface area (Å²) in [5, 5.41) is 12.1. The fraction of sp³-hybridized carbons (Fsp3) is 0.818. The molecule has 2 heterocycles. The fourth-order valence-corrected chi connectivity index (χ4v) is 1.90. The largest absolute Gasteiger partial charge is 0.465 e. The lowest BCUT2D eigenvalue weighted by Crippen LogP contribution is -2.08. The predicted octanol–water partition coefficient (Wildman–Crippen LogP) is 1.28. The summed E-state index contributed by atoms with van der Waals surface area (Å²) in [5.41, 5.74) is 0. The zero-order valence-electron chi connectivity index (χ0n) is 10.1. The Morgan fingerprint density at radius 1 is 1.41 bits per heavy atom. The average molecular weight is 238 g/mol. The molecule has 6 heteroatoms. The molecule has 0 aromatic carbocycles. The Kier molecular flexibility index (Phi) is 4.06. The molecule has 1 aromatic rings. The highest BCUT2D eigenvalue weighted by Crippen LogP contribution is 2.22. The number of rotatable bonds is 6. The van der Waals surface area contributed by atoms with Crippen LogP contribution < -0.4 is 0 Å². The third-order valence-electron chi connectivity index (χ3n) is 2.93. The second-order valence-corrected chi connectivity index (χ2v) is 4.31. The molecular formula is C11H18N4O2. The van der Waals surface area contributed by atoms with Gasteiger partial charge in [-0.05, 0) is 11.6 Å². The molecular weight excluding hydrogens is 220 g/mol. The molecule has 1 aliphatic rings. The third kappa shape index (κ3) is 3.01. The number of nitrogens with zero attached hydrogens (tertiary/aromatic N) is 4. The zero-order valence-corrected chi connectivity index (χ0v) is 10.1. The van der Waals surface area contributed by atoms with E-state index >= 15 is 0 Å². The lowest BCUT2D eigenvalue weighted by atomic mass is 10.1. The van der Waals surface area contributed by atoms with Crippen molar-refractivity contribution in [3.05, 3.63) is 5.82 Å². The smallest absolute Gasteiger partial charge is 0.316 e. The standard InChI is InChI=1S/C11H18N4O2/c1-2-3-4-5-7-15-13-10(12-14-15)9-6-8-17-11(9)16/h9H,2-8H2,1H3. The van der Waals surface area contributed by atoms with E-state index < -0.39 is 0 Å². The van der Waals surface area contributed by atoms with Gasteiger partial charge in [0.2, 0.25) is 0 Å². The van der Waals surface area contributed by atoms with Gasteiger partial charge in [0.1, 0.15) is 5.92 Å². The molecule has 1 unspecified atom stereocenters. The Morgan fingerprint density at radius 2 is 2.29 bits per heavy atom. The van der Waals surface area contributed by atoms with E-state index in [1.165, 1.54) is 19.3 Å². The zero-order chi connectivity index (χ0) is 12.1. The van der Waals surface area contributed by atoms with Gasteiger partial charge in [-0.2, -0.15) is 4.80 Å². The first-order valence-corrected chi connectivity index (χ1v) is 6.25. The number of cyclic esters (lactones) is 1. The Bertz CT molecular complexity index is 377. The van der Waals surface area contributed by atoms with Crippen molar-refractivity contribution in [2.75, 3.05) is 6.61 Å². The van der Waals surface area contributed by atoms with Crippen LogP contribution in [0.5, 0.6) is 0 Å². The summed E-state index contributed by atoms with van der Waals surface area (Å²) >= 11 is 0. The van der Waals surface area contributed by atoms with Crippen molar-refractivity contribution in [1.82, 2.24) is 20.2 Å². The number of aromatic nitrogens is 4. The van der Waals surface area contributed by atoms with Gasteiger partial charge in [0.15, 0.2) is 5.82 Å². The van der Waals surface area contributed by atoms with Gasteiger partial charge in [-0.15, -0.1) is 10.2 Å². The summed E-state index contributed by atoms with van der Waals surface area (Å²) in [6.07, 6.45) is 5.35. The Balaban J connectivity index is 1.85. The number of ether oxygens (including phenoxy) is 1. The molecule has 0 N–H and O–H groups in total. The van der Waals surface area contributed by atoms with E-state index in [1.54, 1.807) is 4.80 Å². The number of hydrogen-bond donors (Lipinski definition) is 0. The van der Waals surface area contributed by atoms with E-state index in [-0.39, 0.29) is 11.9 Å². The Labute approximate surface area is 100 Å². The maximum absolute atomic E-state index is 11.3. The van der Waals surface area contributed by atoms with Crippen LogP contribution in [0, 0.1) is 0 Å². The topological polar surface area (TPSA) is 69.9 Å². The van der Waals surface area contributed by atoms with Crippen molar-refractivity contribution >= 4 is 5.97 Å². The molecule has 6 nitrogen and oxygen atoms in total. The summed E-state index contributed by atoms with van der Waals surface area (Å²) in [7, 11) is 0. The second-order valence-electron chi connectivity index (χ2n) is 4.31. The van der Waals surface area contributed by atoms with Crippen molar-refractivity contribution in [3.63, 3.8) is 0 Å². The van der Waals surface area contributed by atoms with Crippen molar-refractivity contribution < 1.29 is 9.53 Å². The molecule has 0 amide bonds. The van der Waals surface area contributed by atoms with E-state index in [4.69, 9.17) is 4.74 Å². The molecule has 0 radical (unpaired) electrons. The highest BCUT2D eigenvalue weighted by atomic mass is 16.5. The lowest BCUT2D eigenvalue weighted by molar-refractivity contribution is -0.139. The van der Waals surface area contributed by atoms with Crippen molar-refractivity contribution in [3.8, 4) is 0 Å². The van der Waals surface area contributed by atoms with Crippen LogP contribution >= 0.6 is 0 Å². The lowest BCUT2D eigenvalue weighted by Gasteiger charge is -1.99. The maximum Gasteiger partial charge on any atom is 0.316 e. The number of tetrazole rings is 1. The minimum atomic E-state index is -0.306. The molecule has 1 atom stereocenters. The van der Waals surface area contributed by atoms with E-state index in [0.717, 1.165) is 13.0 Å². The first-order chi connectivity index (χ1) is 8.31. The van der Waals surface area contributed by atoms with E-state index in [1.807, 2.05) is 0 Å². The van der Waals surface area contributed by atoms with E-state index in [0.29, 0.717) is 18.9 Å². The summed E-state index contributed by atoms with van der Waals surface area (Å²) in [6, 6.07) is 0. The number of carbonyl (C=O) groups is 1. The first-order valence-electron chi connectivity index (χ1n) is 6.25. The molecule has 0 aliphatic carbocycles. The van der Waals surface area contributed by atoms with E-state index in [9.17, 15) is 4.79 Å². The average Bonchev–Trinajstić information content (AvgIpc) is 2.93. The van der Waals surface area contributed by atoms with Gasteiger partial charge in [0, 0.05) is 6.42 Å². The maximum atomic E-state index is 11.3. The van der Waals surface area contributed by atoms with Crippen molar-refractivity contribution in [1.29, 1.82) is 0 Å². The van der Waals surface area contributed by atoms with Gasteiger partial charge >= 0.3 is 5.97 Å². The van der Waals surface area contributed by atoms with Gasteiger partial charge in [0.05, 0.1) is 13.2 Å². The molecule has 1 fully saturated rings. The predicted molar refractivity (Wildman–Crippen MR) is 60.3 cm³/mol. The normalized spacial score (nSPS) is 19.6. The highest BCUT2D eigenvalue weighted by molar-refractivity contribution is 5.78. The fourth-order valence-electron chi connectivity index (χ4n) is 1.90. The van der Waals surface area contributed by atoms with Crippen LogP contribution in [0.2, 0.25) is 0 Å². The quantitative estimate of drug-likeness (QED) is 0.551. The molecule has 2 rings (SSSR count). The number of unbranched alkanes of at least 4 members (excludes halogenated alkanes) is 3. The third-order valence-corrected chi connectivity index (χ3v) is 2.93. The number of hydrogen-bond acceptors (Lipinski definition) is 5. The van der Waals surface area contributed by atoms with Crippen LogP contribution in [0.4, 0.5) is 0 Å². The van der Waals surface area contributed by atoms with Crippen LogP contribution in [-0.4, -0.2) is 32.8 Å². The van der Waals surface area contributed by atoms with Crippen LogP contribution in [0.1, 0.15) is 50.8 Å². The molecule has 17 heavy (non-hydrogen) atoms.